The van der Waals surface area contributed by atoms with E-state index in [-0.39, 0.29) is 9.92 Å². The Morgan fingerprint density at radius 3 is 2.83 bits per heavy atom. The molecular weight excluding hydrogens is 250 g/mol. The van der Waals surface area contributed by atoms with Gasteiger partial charge in [0.2, 0.25) is 0 Å². The highest BCUT2D eigenvalue weighted by Gasteiger charge is 2.28. The minimum atomic E-state index is -0.385. The summed E-state index contributed by atoms with van der Waals surface area (Å²) >= 11 is 1.13. The lowest BCUT2D eigenvalue weighted by Gasteiger charge is -2.34. The maximum Gasteiger partial charge on any atom is 0.345 e. The molecule has 2 atom stereocenters. The number of rotatable bonds is 4. The average Bonchev–Trinajstić information content (AvgIpc) is 2.78. The zero-order chi connectivity index (χ0) is 13.1. The molecule has 2 unspecified atom stereocenters. The van der Waals surface area contributed by atoms with Gasteiger partial charge >= 0.3 is 5.00 Å². The van der Waals surface area contributed by atoms with E-state index in [4.69, 9.17) is 0 Å². The Hall–Kier alpha value is -1.17. The van der Waals surface area contributed by atoms with Crippen LogP contribution < -0.4 is 5.32 Å². The fourth-order valence-electron chi connectivity index (χ4n) is 2.71. The van der Waals surface area contributed by atoms with Crippen molar-refractivity contribution in [3.63, 3.8) is 0 Å². The third-order valence-corrected chi connectivity index (χ3v) is 4.54. The van der Waals surface area contributed by atoms with Gasteiger partial charge < -0.3 is 5.32 Å². The molecule has 1 fully saturated rings. The van der Waals surface area contributed by atoms with Gasteiger partial charge in [-0.3, -0.25) is 10.1 Å². The minimum Gasteiger partial charge on any atom is -0.358 e. The van der Waals surface area contributed by atoms with Gasteiger partial charge in [0.25, 0.3) is 0 Å². The van der Waals surface area contributed by atoms with Crippen molar-refractivity contribution in [2.45, 2.75) is 45.6 Å². The number of hydrogen-bond donors (Lipinski definition) is 1. The zero-order valence-corrected chi connectivity index (χ0v) is 11.6. The number of aromatic nitrogens is 1. The van der Waals surface area contributed by atoms with Gasteiger partial charge in [0.1, 0.15) is 6.20 Å². The Morgan fingerprint density at radius 2 is 2.22 bits per heavy atom. The second kappa shape index (κ2) is 5.65. The first-order valence-corrected chi connectivity index (χ1v) is 7.26. The van der Waals surface area contributed by atoms with Gasteiger partial charge in [-0.15, -0.1) is 0 Å². The molecule has 1 saturated carbocycles. The number of nitrogens with one attached hydrogen (secondary N) is 1. The topological polar surface area (TPSA) is 68.1 Å². The predicted molar refractivity (Wildman–Crippen MR) is 73.0 cm³/mol. The van der Waals surface area contributed by atoms with Crippen molar-refractivity contribution in [2.75, 3.05) is 5.32 Å². The van der Waals surface area contributed by atoms with E-state index in [0.29, 0.717) is 23.0 Å². The number of thiazole rings is 1. The first-order chi connectivity index (χ1) is 8.58. The third kappa shape index (κ3) is 2.98. The highest BCUT2D eigenvalue weighted by Crippen LogP contribution is 2.34. The van der Waals surface area contributed by atoms with Crippen LogP contribution in [0.15, 0.2) is 6.20 Å². The fourth-order valence-corrected chi connectivity index (χ4v) is 3.41. The zero-order valence-electron chi connectivity index (χ0n) is 10.8. The third-order valence-electron chi connectivity index (χ3n) is 3.66. The second-order valence-corrected chi connectivity index (χ2v) is 6.21. The molecule has 0 spiro atoms. The first-order valence-electron chi connectivity index (χ1n) is 6.44. The summed E-state index contributed by atoms with van der Waals surface area (Å²) in [6, 6.07) is 0.407. The molecule has 0 bridgehead atoms. The van der Waals surface area contributed by atoms with E-state index in [9.17, 15) is 10.1 Å². The van der Waals surface area contributed by atoms with Crippen molar-refractivity contribution in [1.82, 2.24) is 4.98 Å². The molecule has 5 nitrogen and oxygen atoms in total. The normalized spacial score (nSPS) is 24.2. The van der Waals surface area contributed by atoms with Crippen LogP contribution in [0.2, 0.25) is 0 Å². The van der Waals surface area contributed by atoms with Crippen molar-refractivity contribution in [3.8, 4) is 0 Å². The SMILES string of the molecule is CC(C)C1CCCCC1Nc1ncc([N+](=O)[O-])s1. The van der Waals surface area contributed by atoms with E-state index in [1.54, 1.807) is 0 Å². The molecule has 1 aromatic heterocycles. The number of hydrogen-bond acceptors (Lipinski definition) is 5. The largest absolute Gasteiger partial charge is 0.358 e. The Balaban J connectivity index is 2.03. The molecular formula is C12H19N3O2S. The summed E-state index contributed by atoms with van der Waals surface area (Å²) in [4.78, 5) is 14.3. The van der Waals surface area contributed by atoms with Crippen LogP contribution in [0.5, 0.6) is 0 Å². The molecule has 0 saturated heterocycles. The molecule has 0 aliphatic heterocycles. The first kappa shape index (κ1) is 13.3. The number of nitrogens with zero attached hydrogens (tertiary/aromatic N) is 2. The van der Waals surface area contributed by atoms with Gasteiger partial charge in [-0.2, -0.15) is 0 Å². The molecule has 1 aliphatic carbocycles. The number of nitro groups is 1. The lowest BCUT2D eigenvalue weighted by molar-refractivity contribution is -0.380. The molecule has 1 heterocycles. The van der Waals surface area contributed by atoms with Crippen LogP contribution in [0.1, 0.15) is 39.5 Å². The van der Waals surface area contributed by atoms with Crippen LogP contribution in [0.4, 0.5) is 10.1 Å². The Morgan fingerprint density at radius 1 is 1.50 bits per heavy atom. The molecule has 0 amide bonds. The molecule has 2 rings (SSSR count). The fraction of sp³-hybridized carbons (Fsp3) is 0.750. The van der Waals surface area contributed by atoms with Crippen molar-refractivity contribution >= 4 is 21.5 Å². The van der Waals surface area contributed by atoms with Gasteiger partial charge in [-0.25, -0.2) is 4.98 Å². The molecule has 1 aromatic rings. The van der Waals surface area contributed by atoms with Crippen molar-refractivity contribution in [3.05, 3.63) is 16.3 Å². The van der Waals surface area contributed by atoms with E-state index < -0.39 is 0 Å². The summed E-state index contributed by atoms with van der Waals surface area (Å²) in [6.45, 7) is 4.49. The lowest BCUT2D eigenvalue weighted by atomic mass is 9.78. The smallest absolute Gasteiger partial charge is 0.345 e. The molecule has 0 aromatic carbocycles. The summed E-state index contributed by atoms with van der Waals surface area (Å²) in [7, 11) is 0. The monoisotopic (exact) mass is 269 g/mol. The molecule has 1 aliphatic rings. The van der Waals surface area contributed by atoms with Gasteiger partial charge in [-0.1, -0.05) is 26.7 Å². The second-order valence-electron chi connectivity index (χ2n) is 5.20. The van der Waals surface area contributed by atoms with Crippen molar-refractivity contribution < 1.29 is 4.92 Å². The van der Waals surface area contributed by atoms with Crippen LogP contribution in [0.25, 0.3) is 0 Å². The summed E-state index contributed by atoms with van der Waals surface area (Å²) in [6.07, 6.45) is 6.23. The van der Waals surface area contributed by atoms with Gasteiger partial charge in [0.15, 0.2) is 5.13 Å². The van der Waals surface area contributed by atoms with Crippen LogP contribution in [0, 0.1) is 22.0 Å². The Bertz CT molecular complexity index is 419. The van der Waals surface area contributed by atoms with Gasteiger partial charge in [0.05, 0.1) is 4.92 Å². The Kier molecular flexibility index (Phi) is 4.16. The van der Waals surface area contributed by atoms with Crippen molar-refractivity contribution in [1.29, 1.82) is 0 Å². The minimum absolute atomic E-state index is 0.106. The van der Waals surface area contributed by atoms with Crippen LogP contribution >= 0.6 is 11.3 Å². The summed E-state index contributed by atoms with van der Waals surface area (Å²) in [5, 5.41) is 14.8. The highest BCUT2D eigenvalue weighted by molar-refractivity contribution is 7.18. The standard InChI is InChI=1S/C12H19N3O2S/c1-8(2)9-5-3-4-6-10(9)14-12-13-7-11(18-12)15(16)17/h7-10H,3-6H2,1-2H3,(H,13,14). The summed E-state index contributed by atoms with van der Waals surface area (Å²) < 4.78 is 0. The summed E-state index contributed by atoms with van der Waals surface area (Å²) in [5.74, 6) is 1.28. The highest BCUT2D eigenvalue weighted by atomic mass is 32.1. The van der Waals surface area contributed by atoms with Crippen molar-refractivity contribution in [2.24, 2.45) is 11.8 Å². The van der Waals surface area contributed by atoms with E-state index in [2.05, 4.69) is 24.1 Å². The van der Waals surface area contributed by atoms with E-state index in [1.807, 2.05) is 0 Å². The Labute approximate surface area is 111 Å². The average molecular weight is 269 g/mol. The quantitative estimate of drug-likeness (QED) is 0.668. The predicted octanol–water partition coefficient (Wildman–Crippen LogP) is 3.68. The maximum absolute atomic E-state index is 10.6. The van der Waals surface area contributed by atoms with E-state index >= 15 is 0 Å². The lowest BCUT2D eigenvalue weighted by Crippen LogP contribution is -2.35. The van der Waals surface area contributed by atoms with E-state index in [1.165, 1.54) is 25.5 Å². The van der Waals surface area contributed by atoms with E-state index in [0.717, 1.165) is 17.8 Å². The molecule has 0 radical (unpaired) electrons. The van der Waals surface area contributed by atoms with Gasteiger partial charge in [0, 0.05) is 6.04 Å². The number of anilines is 1. The van der Waals surface area contributed by atoms with Crippen LogP contribution in [0.3, 0.4) is 0 Å². The van der Waals surface area contributed by atoms with Crippen LogP contribution in [-0.2, 0) is 0 Å². The van der Waals surface area contributed by atoms with Gasteiger partial charge in [-0.05, 0) is 36.0 Å². The molecule has 100 valence electrons. The summed E-state index contributed by atoms with van der Waals surface area (Å²) in [5.41, 5.74) is 0. The maximum atomic E-state index is 10.6. The molecule has 1 N–H and O–H groups in total. The molecule has 18 heavy (non-hydrogen) atoms. The van der Waals surface area contributed by atoms with Crippen LogP contribution in [-0.4, -0.2) is 15.9 Å². The molecule has 6 heteroatoms.